The van der Waals surface area contributed by atoms with Gasteiger partial charge >= 0.3 is 6.18 Å². The predicted octanol–water partition coefficient (Wildman–Crippen LogP) is 4.96. The van der Waals surface area contributed by atoms with Gasteiger partial charge in [-0.2, -0.15) is 18.3 Å². The van der Waals surface area contributed by atoms with E-state index in [1.165, 1.54) is 19.4 Å². The van der Waals surface area contributed by atoms with Crippen molar-refractivity contribution < 1.29 is 13.2 Å². The van der Waals surface area contributed by atoms with Gasteiger partial charge in [0.15, 0.2) is 5.82 Å². The second-order valence-corrected chi connectivity index (χ2v) is 9.38. The summed E-state index contributed by atoms with van der Waals surface area (Å²) in [5.41, 5.74) is 1.38. The number of likely N-dealkylation sites (tertiary alicyclic amines) is 1. The van der Waals surface area contributed by atoms with E-state index in [-0.39, 0.29) is 12.1 Å². The molecule has 5 rings (SSSR count). The van der Waals surface area contributed by atoms with Gasteiger partial charge in [0.2, 0.25) is 0 Å². The zero-order chi connectivity index (χ0) is 23.2. The van der Waals surface area contributed by atoms with E-state index in [1.54, 1.807) is 12.3 Å². The summed E-state index contributed by atoms with van der Waals surface area (Å²) in [5.74, 6) is 2.01. The van der Waals surface area contributed by atoms with Gasteiger partial charge in [-0.3, -0.25) is 0 Å². The van der Waals surface area contributed by atoms with E-state index in [0.29, 0.717) is 17.3 Å². The largest absolute Gasteiger partial charge is 0.416 e. The zero-order valence-corrected chi connectivity index (χ0v) is 18.9. The maximum Gasteiger partial charge on any atom is 0.416 e. The molecule has 1 N–H and O–H groups in total. The molecule has 0 saturated carbocycles. The first-order valence-corrected chi connectivity index (χ1v) is 11.4. The van der Waals surface area contributed by atoms with Gasteiger partial charge in [0.05, 0.1) is 11.8 Å². The summed E-state index contributed by atoms with van der Waals surface area (Å²) in [6.07, 6.45) is -1.41. The fraction of sp³-hybridized carbons (Fsp3) is 0.440. The normalized spacial score (nSPS) is 21.4. The highest BCUT2D eigenvalue weighted by atomic mass is 19.4. The highest BCUT2D eigenvalue weighted by Crippen LogP contribution is 2.36. The highest BCUT2D eigenvalue weighted by molar-refractivity contribution is 5.93. The highest BCUT2D eigenvalue weighted by Gasteiger charge is 2.36. The lowest BCUT2D eigenvalue weighted by Crippen LogP contribution is -2.37. The molecule has 2 unspecified atom stereocenters. The summed E-state index contributed by atoms with van der Waals surface area (Å²) in [7, 11) is 2.19. The number of benzene rings is 2. The first-order chi connectivity index (χ1) is 15.8. The van der Waals surface area contributed by atoms with Crippen LogP contribution in [0.2, 0.25) is 0 Å². The SMILES string of the molecule is Cc1c(CNc2nncc3ccc(N4CC5CCN(C)CC5C4)cc23)cccc1C(F)(F)F. The van der Waals surface area contributed by atoms with E-state index >= 15 is 0 Å². The van der Waals surface area contributed by atoms with Crippen molar-refractivity contribution in [2.24, 2.45) is 11.8 Å². The topological polar surface area (TPSA) is 44.3 Å². The molecule has 2 fully saturated rings. The van der Waals surface area contributed by atoms with Gasteiger partial charge in [0.1, 0.15) is 0 Å². The molecular weight excluding hydrogens is 427 g/mol. The van der Waals surface area contributed by atoms with Crippen molar-refractivity contribution in [2.75, 3.05) is 43.4 Å². The predicted molar refractivity (Wildman–Crippen MR) is 124 cm³/mol. The van der Waals surface area contributed by atoms with Crippen LogP contribution in [0.4, 0.5) is 24.7 Å². The van der Waals surface area contributed by atoms with Crippen LogP contribution in [0.25, 0.3) is 10.8 Å². The lowest BCUT2D eigenvalue weighted by atomic mass is 9.89. The number of hydrogen-bond donors (Lipinski definition) is 1. The maximum atomic E-state index is 13.3. The summed E-state index contributed by atoms with van der Waals surface area (Å²) in [5, 5.41) is 13.5. The standard InChI is InChI=1S/C25H28F3N5/c1-16-17(4-3-5-23(16)25(26,27)28)11-29-24-22-10-21(7-6-18(22)12-30-31-24)33-14-19-8-9-32(2)13-20(19)15-33/h3-7,10,12,19-20H,8-9,11,13-15H2,1-2H3,(H,29,31). The van der Waals surface area contributed by atoms with Crippen LogP contribution in [-0.2, 0) is 12.7 Å². The van der Waals surface area contributed by atoms with Crippen LogP contribution in [0.15, 0.2) is 42.6 Å². The molecule has 2 saturated heterocycles. The van der Waals surface area contributed by atoms with Crippen LogP contribution in [-0.4, -0.2) is 48.3 Å². The van der Waals surface area contributed by atoms with E-state index in [0.717, 1.165) is 54.6 Å². The van der Waals surface area contributed by atoms with Gasteiger partial charge in [-0.1, -0.05) is 18.2 Å². The minimum absolute atomic E-state index is 0.232. The third-order valence-corrected chi connectivity index (χ3v) is 7.21. The minimum Gasteiger partial charge on any atom is -0.371 e. The van der Waals surface area contributed by atoms with E-state index in [4.69, 9.17) is 0 Å². The molecule has 0 amide bonds. The Bertz CT molecular complexity index is 1160. The van der Waals surface area contributed by atoms with Gasteiger partial charge in [-0.05, 0) is 68.1 Å². The number of alkyl halides is 3. The molecule has 0 radical (unpaired) electrons. The molecule has 0 bridgehead atoms. The number of aromatic nitrogens is 2. The molecule has 8 heteroatoms. The minimum atomic E-state index is -4.37. The van der Waals surface area contributed by atoms with Crippen molar-refractivity contribution in [3.8, 4) is 0 Å². The van der Waals surface area contributed by atoms with E-state index < -0.39 is 11.7 Å². The van der Waals surface area contributed by atoms with Gasteiger partial charge in [-0.25, -0.2) is 0 Å². The lowest BCUT2D eigenvalue weighted by Gasteiger charge is -2.31. The fourth-order valence-corrected chi connectivity index (χ4v) is 5.31. The van der Waals surface area contributed by atoms with Gasteiger partial charge in [0, 0.05) is 42.6 Å². The Morgan fingerprint density at radius 3 is 2.73 bits per heavy atom. The second kappa shape index (κ2) is 8.48. The Kier molecular flexibility index (Phi) is 5.64. The molecule has 5 nitrogen and oxygen atoms in total. The molecular formula is C25H28F3N5. The van der Waals surface area contributed by atoms with Crippen LogP contribution in [0.5, 0.6) is 0 Å². The summed E-state index contributed by atoms with van der Waals surface area (Å²) in [6.45, 7) is 6.17. The molecule has 1 aromatic heterocycles. The fourth-order valence-electron chi connectivity index (χ4n) is 5.31. The van der Waals surface area contributed by atoms with Crippen molar-refractivity contribution in [2.45, 2.75) is 26.1 Å². The Hall–Kier alpha value is -2.87. The average molecular weight is 456 g/mol. The second-order valence-electron chi connectivity index (χ2n) is 9.38. The van der Waals surface area contributed by atoms with Gasteiger partial charge < -0.3 is 15.1 Å². The monoisotopic (exact) mass is 455 g/mol. The van der Waals surface area contributed by atoms with Crippen molar-refractivity contribution in [1.82, 2.24) is 15.1 Å². The lowest BCUT2D eigenvalue weighted by molar-refractivity contribution is -0.138. The van der Waals surface area contributed by atoms with Crippen molar-refractivity contribution in [3.05, 3.63) is 59.3 Å². The number of halogens is 3. The molecule has 0 aliphatic carbocycles. The maximum absolute atomic E-state index is 13.3. The summed E-state index contributed by atoms with van der Waals surface area (Å²) < 4.78 is 39.8. The van der Waals surface area contributed by atoms with Crippen LogP contribution >= 0.6 is 0 Å². The Balaban J connectivity index is 1.39. The first-order valence-electron chi connectivity index (χ1n) is 11.4. The van der Waals surface area contributed by atoms with E-state index in [9.17, 15) is 13.2 Å². The van der Waals surface area contributed by atoms with Crippen molar-refractivity contribution in [3.63, 3.8) is 0 Å². The van der Waals surface area contributed by atoms with Gasteiger partial charge in [-0.15, -0.1) is 5.10 Å². The third kappa shape index (κ3) is 4.36. The number of hydrogen-bond acceptors (Lipinski definition) is 5. The number of rotatable bonds is 4. The molecule has 3 aromatic rings. The first kappa shape index (κ1) is 21.9. The summed E-state index contributed by atoms with van der Waals surface area (Å²) >= 11 is 0. The molecule has 0 spiro atoms. The van der Waals surface area contributed by atoms with Crippen LogP contribution in [0.3, 0.4) is 0 Å². The Morgan fingerprint density at radius 1 is 1.09 bits per heavy atom. The summed E-state index contributed by atoms with van der Waals surface area (Å²) in [4.78, 5) is 4.87. The molecule has 33 heavy (non-hydrogen) atoms. The number of nitrogens with one attached hydrogen (secondary N) is 1. The smallest absolute Gasteiger partial charge is 0.371 e. The van der Waals surface area contributed by atoms with Crippen LogP contribution in [0.1, 0.15) is 23.1 Å². The molecule has 2 aromatic carbocycles. The Labute approximate surface area is 191 Å². The van der Waals surface area contributed by atoms with Crippen LogP contribution < -0.4 is 10.2 Å². The molecule has 174 valence electrons. The molecule has 2 atom stereocenters. The number of piperidine rings is 1. The zero-order valence-electron chi connectivity index (χ0n) is 18.9. The molecule has 2 aliphatic heterocycles. The number of anilines is 2. The Morgan fingerprint density at radius 2 is 1.91 bits per heavy atom. The van der Waals surface area contributed by atoms with Gasteiger partial charge in [0.25, 0.3) is 0 Å². The number of fused-ring (bicyclic) bond motifs is 2. The van der Waals surface area contributed by atoms with Crippen LogP contribution in [0, 0.1) is 18.8 Å². The quantitative estimate of drug-likeness (QED) is 0.603. The van der Waals surface area contributed by atoms with Crippen molar-refractivity contribution >= 4 is 22.3 Å². The average Bonchev–Trinajstić information content (AvgIpc) is 3.20. The van der Waals surface area contributed by atoms with Crippen molar-refractivity contribution in [1.29, 1.82) is 0 Å². The summed E-state index contributed by atoms with van der Waals surface area (Å²) in [6, 6.07) is 10.6. The van der Waals surface area contributed by atoms with E-state index in [1.807, 2.05) is 6.07 Å². The van der Waals surface area contributed by atoms with E-state index in [2.05, 4.69) is 44.5 Å². The number of nitrogens with zero attached hydrogens (tertiary/aromatic N) is 4. The molecule has 3 heterocycles. The third-order valence-electron chi connectivity index (χ3n) is 7.21. The molecule has 2 aliphatic rings.